The monoisotopic (exact) mass is 280 g/mol. The van der Waals surface area contributed by atoms with Crippen LogP contribution in [0.25, 0.3) is 0 Å². The molecule has 2 fully saturated rings. The quantitative estimate of drug-likeness (QED) is 0.734. The van der Waals surface area contributed by atoms with Crippen molar-refractivity contribution in [2.45, 2.75) is 90.6 Å². The molecule has 1 heterocycles. The molecule has 20 heavy (non-hydrogen) atoms. The summed E-state index contributed by atoms with van der Waals surface area (Å²) in [6.07, 6.45) is 12.9. The highest BCUT2D eigenvalue weighted by Gasteiger charge is 2.35. The third kappa shape index (κ3) is 4.46. The maximum atomic E-state index is 3.76. The maximum absolute atomic E-state index is 3.76. The average Bonchev–Trinajstić information content (AvgIpc) is 2.74. The lowest BCUT2D eigenvalue weighted by atomic mass is 9.79. The van der Waals surface area contributed by atoms with Crippen molar-refractivity contribution in [3.8, 4) is 0 Å². The fraction of sp³-hybridized carbons (Fsp3) is 1.00. The van der Waals surface area contributed by atoms with Crippen molar-refractivity contribution >= 4 is 0 Å². The summed E-state index contributed by atoms with van der Waals surface area (Å²) in [5, 5.41) is 3.76. The fourth-order valence-electron chi connectivity index (χ4n) is 4.29. The summed E-state index contributed by atoms with van der Waals surface area (Å²) in [6, 6.07) is 1.49. The van der Waals surface area contributed by atoms with Crippen LogP contribution in [0.2, 0.25) is 0 Å². The van der Waals surface area contributed by atoms with Crippen LogP contribution in [0.15, 0.2) is 0 Å². The number of hydrogen-bond donors (Lipinski definition) is 1. The van der Waals surface area contributed by atoms with Gasteiger partial charge >= 0.3 is 0 Å². The summed E-state index contributed by atoms with van der Waals surface area (Å²) in [6.45, 7) is 10.9. The van der Waals surface area contributed by atoms with E-state index in [2.05, 4.69) is 31.0 Å². The molecule has 1 N–H and O–H groups in total. The van der Waals surface area contributed by atoms with Gasteiger partial charge in [0.1, 0.15) is 0 Å². The summed E-state index contributed by atoms with van der Waals surface area (Å²) < 4.78 is 0. The van der Waals surface area contributed by atoms with Gasteiger partial charge in [0, 0.05) is 25.2 Å². The van der Waals surface area contributed by atoms with Crippen molar-refractivity contribution in [2.24, 2.45) is 5.41 Å². The Hall–Kier alpha value is -0.0800. The zero-order valence-corrected chi connectivity index (χ0v) is 14.1. The molecule has 1 atom stereocenters. The van der Waals surface area contributed by atoms with Gasteiger partial charge in [-0.1, -0.05) is 46.5 Å². The topological polar surface area (TPSA) is 15.3 Å². The molecule has 2 rings (SSSR count). The molecule has 1 aliphatic heterocycles. The molecular formula is C18H36N2. The van der Waals surface area contributed by atoms with Crippen LogP contribution in [0.5, 0.6) is 0 Å². The molecule has 0 radical (unpaired) electrons. The second-order valence-electron chi connectivity index (χ2n) is 7.62. The molecule has 0 bridgehead atoms. The molecule has 1 aliphatic carbocycles. The highest BCUT2D eigenvalue weighted by molar-refractivity contribution is 4.90. The normalized spacial score (nSPS) is 27.9. The summed E-state index contributed by atoms with van der Waals surface area (Å²) in [5.74, 6) is 0. The first kappa shape index (κ1) is 16.3. The minimum atomic E-state index is 0.554. The van der Waals surface area contributed by atoms with E-state index in [-0.39, 0.29) is 0 Å². The summed E-state index contributed by atoms with van der Waals surface area (Å²) in [5.41, 5.74) is 0.554. The van der Waals surface area contributed by atoms with Gasteiger partial charge in [-0.15, -0.1) is 0 Å². The standard InChI is InChI=1S/C18H36N2/c1-4-17-10-9-13-20(17)15-18(14-19-16(2)3)11-7-5-6-8-12-18/h16-17,19H,4-15H2,1-3H3. The van der Waals surface area contributed by atoms with Gasteiger partial charge in [0.25, 0.3) is 0 Å². The Morgan fingerprint density at radius 1 is 1.10 bits per heavy atom. The smallest absolute Gasteiger partial charge is 0.00933 e. The van der Waals surface area contributed by atoms with Crippen molar-refractivity contribution in [1.82, 2.24) is 10.2 Å². The van der Waals surface area contributed by atoms with Gasteiger partial charge in [0.15, 0.2) is 0 Å². The third-order valence-electron chi connectivity index (χ3n) is 5.56. The van der Waals surface area contributed by atoms with E-state index in [4.69, 9.17) is 0 Å². The van der Waals surface area contributed by atoms with Crippen molar-refractivity contribution in [2.75, 3.05) is 19.6 Å². The lowest BCUT2D eigenvalue weighted by Gasteiger charge is -2.39. The van der Waals surface area contributed by atoms with Crippen LogP contribution in [-0.2, 0) is 0 Å². The molecule has 2 heteroatoms. The van der Waals surface area contributed by atoms with Crippen LogP contribution >= 0.6 is 0 Å². The van der Waals surface area contributed by atoms with Crippen LogP contribution in [0.3, 0.4) is 0 Å². The maximum Gasteiger partial charge on any atom is 0.00933 e. The van der Waals surface area contributed by atoms with Gasteiger partial charge in [0.2, 0.25) is 0 Å². The van der Waals surface area contributed by atoms with E-state index in [1.165, 1.54) is 77.4 Å². The predicted octanol–water partition coefficient (Wildman–Crippen LogP) is 4.20. The van der Waals surface area contributed by atoms with Crippen LogP contribution in [0, 0.1) is 5.41 Å². The van der Waals surface area contributed by atoms with Crippen LogP contribution in [0.4, 0.5) is 0 Å². The van der Waals surface area contributed by atoms with Gasteiger partial charge in [0.05, 0.1) is 0 Å². The Bertz CT molecular complexity index is 267. The SMILES string of the molecule is CCC1CCCN1CC1(CNC(C)C)CCCCCC1. The van der Waals surface area contributed by atoms with E-state index in [0.29, 0.717) is 11.5 Å². The van der Waals surface area contributed by atoms with E-state index < -0.39 is 0 Å². The number of nitrogens with one attached hydrogen (secondary N) is 1. The fourth-order valence-corrected chi connectivity index (χ4v) is 4.29. The predicted molar refractivity (Wildman–Crippen MR) is 88.2 cm³/mol. The molecular weight excluding hydrogens is 244 g/mol. The van der Waals surface area contributed by atoms with Crippen LogP contribution in [0.1, 0.15) is 78.6 Å². The number of rotatable bonds is 6. The molecule has 2 aliphatic rings. The molecule has 0 aromatic carbocycles. The molecule has 0 aromatic heterocycles. The minimum Gasteiger partial charge on any atom is -0.314 e. The van der Waals surface area contributed by atoms with E-state index in [9.17, 15) is 0 Å². The van der Waals surface area contributed by atoms with Crippen LogP contribution in [-0.4, -0.2) is 36.6 Å². The average molecular weight is 281 g/mol. The number of nitrogens with zero attached hydrogens (tertiary/aromatic N) is 1. The van der Waals surface area contributed by atoms with Crippen molar-refractivity contribution < 1.29 is 0 Å². The lowest BCUT2D eigenvalue weighted by molar-refractivity contribution is 0.114. The highest BCUT2D eigenvalue weighted by atomic mass is 15.2. The van der Waals surface area contributed by atoms with E-state index >= 15 is 0 Å². The Labute approximate surface area is 126 Å². The molecule has 1 saturated carbocycles. The second-order valence-corrected chi connectivity index (χ2v) is 7.62. The van der Waals surface area contributed by atoms with Crippen molar-refractivity contribution in [3.63, 3.8) is 0 Å². The highest BCUT2D eigenvalue weighted by Crippen LogP contribution is 2.37. The first-order chi connectivity index (χ1) is 9.65. The Morgan fingerprint density at radius 2 is 1.80 bits per heavy atom. The van der Waals surface area contributed by atoms with Gasteiger partial charge in [-0.05, 0) is 44.1 Å². The summed E-state index contributed by atoms with van der Waals surface area (Å²) >= 11 is 0. The molecule has 0 amide bonds. The zero-order chi connectivity index (χ0) is 14.4. The molecule has 118 valence electrons. The first-order valence-corrected chi connectivity index (χ1v) is 9.13. The largest absolute Gasteiger partial charge is 0.314 e. The molecule has 1 saturated heterocycles. The summed E-state index contributed by atoms with van der Waals surface area (Å²) in [4.78, 5) is 2.83. The van der Waals surface area contributed by atoms with Gasteiger partial charge in [-0.25, -0.2) is 0 Å². The first-order valence-electron chi connectivity index (χ1n) is 9.13. The lowest BCUT2D eigenvalue weighted by Crippen LogP contribution is -2.46. The van der Waals surface area contributed by atoms with Gasteiger partial charge < -0.3 is 5.32 Å². The van der Waals surface area contributed by atoms with E-state index in [1.54, 1.807) is 0 Å². The third-order valence-corrected chi connectivity index (χ3v) is 5.56. The van der Waals surface area contributed by atoms with Gasteiger partial charge in [-0.2, -0.15) is 0 Å². The Kier molecular flexibility index (Phi) is 6.35. The molecule has 0 aromatic rings. The minimum absolute atomic E-state index is 0.554. The Balaban J connectivity index is 2.00. The number of likely N-dealkylation sites (tertiary alicyclic amines) is 1. The second kappa shape index (κ2) is 7.79. The molecule has 2 nitrogen and oxygen atoms in total. The molecule has 1 unspecified atom stereocenters. The van der Waals surface area contributed by atoms with E-state index in [0.717, 1.165) is 6.04 Å². The number of hydrogen-bond acceptors (Lipinski definition) is 2. The van der Waals surface area contributed by atoms with E-state index in [1.807, 2.05) is 0 Å². The van der Waals surface area contributed by atoms with Crippen molar-refractivity contribution in [3.05, 3.63) is 0 Å². The Morgan fingerprint density at radius 3 is 2.40 bits per heavy atom. The van der Waals surface area contributed by atoms with Crippen LogP contribution < -0.4 is 5.32 Å². The van der Waals surface area contributed by atoms with Gasteiger partial charge in [-0.3, -0.25) is 4.90 Å². The molecule has 0 spiro atoms. The summed E-state index contributed by atoms with van der Waals surface area (Å²) in [7, 11) is 0. The van der Waals surface area contributed by atoms with Crippen molar-refractivity contribution in [1.29, 1.82) is 0 Å². The zero-order valence-electron chi connectivity index (χ0n) is 14.1.